The second-order valence-corrected chi connectivity index (χ2v) is 3.95. The molecule has 0 spiro atoms. The molecule has 17 heavy (non-hydrogen) atoms. The number of benzene rings is 1. The quantitative estimate of drug-likeness (QED) is 0.603. The topological polar surface area (TPSA) is 59.6 Å². The van der Waals surface area contributed by atoms with Gasteiger partial charge in [-0.15, -0.1) is 0 Å². The summed E-state index contributed by atoms with van der Waals surface area (Å²) in [6.45, 7) is 4.79. The molecule has 0 aliphatic heterocycles. The van der Waals surface area contributed by atoms with E-state index in [9.17, 15) is 0 Å². The Bertz CT molecular complexity index is 377. The minimum atomic E-state index is 0.0945. The van der Waals surface area contributed by atoms with E-state index >= 15 is 0 Å². The van der Waals surface area contributed by atoms with E-state index in [0.29, 0.717) is 12.5 Å². The van der Waals surface area contributed by atoms with E-state index < -0.39 is 0 Å². The highest BCUT2D eigenvalue weighted by Gasteiger charge is 2.08. The molecule has 0 aromatic heterocycles. The van der Waals surface area contributed by atoms with E-state index in [-0.39, 0.29) is 6.10 Å². The van der Waals surface area contributed by atoms with Crippen molar-refractivity contribution in [2.45, 2.75) is 26.4 Å². The SMILES string of the molecule is CCC(CNC(N)=NC)Oc1cccc(C)c1. The summed E-state index contributed by atoms with van der Waals surface area (Å²) in [5.74, 6) is 1.34. The normalized spacial score (nSPS) is 13.2. The second kappa shape index (κ2) is 6.78. The number of ether oxygens (including phenoxy) is 1. The summed E-state index contributed by atoms with van der Waals surface area (Å²) in [4.78, 5) is 3.84. The maximum atomic E-state index is 5.87. The number of aliphatic imine (C=N–C) groups is 1. The Balaban J connectivity index is 2.52. The molecule has 1 unspecified atom stereocenters. The van der Waals surface area contributed by atoms with Crippen LogP contribution in [0, 0.1) is 6.92 Å². The van der Waals surface area contributed by atoms with Gasteiger partial charge in [0, 0.05) is 7.05 Å². The zero-order chi connectivity index (χ0) is 12.7. The fourth-order valence-electron chi connectivity index (χ4n) is 1.45. The standard InChI is InChI=1S/C13H21N3O/c1-4-11(9-16-13(14)15-3)17-12-7-5-6-10(2)8-12/h5-8,11H,4,9H2,1-3H3,(H3,14,15,16). The largest absolute Gasteiger partial charge is 0.489 e. The van der Waals surface area contributed by atoms with E-state index in [0.717, 1.165) is 12.2 Å². The van der Waals surface area contributed by atoms with E-state index in [2.05, 4.69) is 17.2 Å². The van der Waals surface area contributed by atoms with Crippen molar-refractivity contribution < 1.29 is 4.74 Å². The molecule has 0 fully saturated rings. The summed E-state index contributed by atoms with van der Waals surface area (Å²) >= 11 is 0. The van der Waals surface area contributed by atoms with Gasteiger partial charge in [-0.25, -0.2) is 0 Å². The summed E-state index contributed by atoms with van der Waals surface area (Å²) in [5, 5.41) is 3.02. The van der Waals surface area contributed by atoms with Gasteiger partial charge in [0.2, 0.25) is 0 Å². The Morgan fingerprint density at radius 1 is 1.53 bits per heavy atom. The van der Waals surface area contributed by atoms with Crippen LogP contribution in [0.2, 0.25) is 0 Å². The molecule has 4 nitrogen and oxygen atoms in total. The van der Waals surface area contributed by atoms with Crippen molar-refractivity contribution in [3.05, 3.63) is 29.8 Å². The van der Waals surface area contributed by atoms with Crippen LogP contribution in [0.15, 0.2) is 29.3 Å². The third kappa shape index (κ3) is 4.76. The molecular formula is C13H21N3O. The van der Waals surface area contributed by atoms with Crippen molar-refractivity contribution in [1.82, 2.24) is 5.32 Å². The van der Waals surface area contributed by atoms with Gasteiger partial charge in [-0.05, 0) is 31.0 Å². The Morgan fingerprint density at radius 2 is 2.29 bits per heavy atom. The van der Waals surface area contributed by atoms with E-state index in [1.165, 1.54) is 5.56 Å². The lowest BCUT2D eigenvalue weighted by atomic mass is 10.2. The van der Waals surface area contributed by atoms with Crippen molar-refractivity contribution >= 4 is 5.96 Å². The zero-order valence-corrected chi connectivity index (χ0v) is 10.7. The first-order chi connectivity index (χ1) is 8.15. The predicted octanol–water partition coefficient (Wildman–Crippen LogP) is 1.69. The van der Waals surface area contributed by atoms with Crippen LogP contribution < -0.4 is 15.8 Å². The molecule has 0 saturated heterocycles. The fourth-order valence-corrected chi connectivity index (χ4v) is 1.45. The van der Waals surface area contributed by atoms with Crippen LogP contribution in [-0.2, 0) is 0 Å². The minimum absolute atomic E-state index is 0.0945. The number of nitrogens with zero attached hydrogens (tertiary/aromatic N) is 1. The molecule has 0 amide bonds. The first-order valence-corrected chi connectivity index (χ1v) is 5.85. The third-order valence-electron chi connectivity index (χ3n) is 2.50. The Labute approximate surface area is 103 Å². The maximum absolute atomic E-state index is 5.87. The highest BCUT2D eigenvalue weighted by Crippen LogP contribution is 2.14. The van der Waals surface area contributed by atoms with Crippen LogP contribution >= 0.6 is 0 Å². The molecule has 0 heterocycles. The molecule has 3 N–H and O–H groups in total. The first kappa shape index (κ1) is 13.4. The van der Waals surface area contributed by atoms with Gasteiger partial charge in [0.05, 0.1) is 6.54 Å². The van der Waals surface area contributed by atoms with Gasteiger partial charge in [-0.3, -0.25) is 4.99 Å². The monoisotopic (exact) mass is 235 g/mol. The molecule has 94 valence electrons. The zero-order valence-electron chi connectivity index (χ0n) is 10.7. The predicted molar refractivity (Wildman–Crippen MR) is 71.4 cm³/mol. The molecule has 0 radical (unpaired) electrons. The number of nitrogens with one attached hydrogen (secondary N) is 1. The van der Waals surface area contributed by atoms with Crippen molar-refractivity contribution in [3.8, 4) is 5.75 Å². The van der Waals surface area contributed by atoms with Crippen molar-refractivity contribution in [2.75, 3.05) is 13.6 Å². The molecular weight excluding hydrogens is 214 g/mol. The number of hydrogen-bond donors (Lipinski definition) is 2. The molecule has 1 aromatic rings. The molecule has 1 atom stereocenters. The van der Waals surface area contributed by atoms with Gasteiger partial charge in [0.1, 0.15) is 11.9 Å². The average molecular weight is 235 g/mol. The molecule has 1 rings (SSSR count). The first-order valence-electron chi connectivity index (χ1n) is 5.85. The summed E-state index contributed by atoms with van der Waals surface area (Å²) in [7, 11) is 1.66. The Hall–Kier alpha value is -1.71. The highest BCUT2D eigenvalue weighted by atomic mass is 16.5. The van der Waals surface area contributed by atoms with Crippen molar-refractivity contribution in [2.24, 2.45) is 10.7 Å². The Morgan fingerprint density at radius 3 is 2.88 bits per heavy atom. The molecule has 4 heteroatoms. The molecule has 1 aromatic carbocycles. The van der Waals surface area contributed by atoms with E-state index in [4.69, 9.17) is 10.5 Å². The van der Waals surface area contributed by atoms with Gasteiger partial charge in [0.15, 0.2) is 5.96 Å². The van der Waals surface area contributed by atoms with Gasteiger partial charge in [-0.1, -0.05) is 19.1 Å². The van der Waals surface area contributed by atoms with E-state index in [1.807, 2.05) is 31.2 Å². The summed E-state index contributed by atoms with van der Waals surface area (Å²) < 4.78 is 5.87. The maximum Gasteiger partial charge on any atom is 0.188 e. The molecule has 0 aliphatic carbocycles. The average Bonchev–Trinajstić information content (AvgIpc) is 2.34. The number of aryl methyl sites for hydroxylation is 1. The molecule has 0 bridgehead atoms. The summed E-state index contributed by atoms with van der Waals surface area (Å²) in [6.07, 6.45) is 1.01. The lowest BCUT2D eigenvalue weighted by Gasteiger charge is -2.18. The lowest BCUT2D eigenvalue weighted by molar-refractivity contribution is 0.199. The smallest absolute Gasteiger partial charge is 0.188 e. The van der Waals surface area contributed by atoms with Gasteiger partial charge < -0.3 is 15.8 Å². The summed E-state index contributed by atoms with van der Waals surface area (Å²) in [5.41, 5.74) is 6.77. The number of nitrogens with two attached hydrogens (primary N) is 1. The van der Waals surface area contributed by atoms with Gasteiger partial charge >= 0.3 is 0 Å². The summed E-state index contributed by atoms with van der Waals surface area (Å²) in [6, 6.07) is 8.04. The second-order valence-electron chi connectivity index (χ2n) is 3.95. The van der Waals surface area contributed by atoms with Gasteiger partial charge in [-0.2, -0.15) is 0 Å². The van der Waals surface area contributed by atoms with Crippen molar-refractivity contribution in [1.29, 1.82) is 0 Å². The number of guanidine groups is 1. The van der Waals surface area contributed by atoms with E-state index in [1.54, 1.807) is 7.05 Å². The van der Waals surface area contributed by atoms with Crippen LogP contribution in [-0.4, -0.2) is 25.7 Å². The number of hydrogen-bond acceptors (Lipinski definition) is 2. The van der Waals surface area contributed by atoms with Crippen LogP contribution in [0.25, 0.3) is 0 Å². The Kier molecular flexibility index (Phi) is 5.33. The van der Waals surface area contributed by atoms with Crippen LogP contribution in [0.1, 0.15) is 18.9 Å². The van der Waals surface area contributed by atoms with Crippen LogP contribution in [0.5, 0.6) is 5.75 Å². The lowest BCUT2D eigenvalue weighted by Crippen LogP contribution is -2.39. The number of rotatable bonds is 5. The molecule has 0 aliphatic rings. The fraction of sp³-hybridized carbons (Fsp3) is 0.462. The highest BCUT2D eigenvalue weighted by molar-refractivity contribution is 5.77. The van der Waals surface area contributed by atoms with Crippen LogP contribution in [0.4, 0.5) is 0 Å². The van der Waals surface area contributed by atoms with Crippen molar-refractivity contribution in [3.63, 3.8) is 0 Å². The minimum Gasteiger partial charge on any atom is -0.489 e. The molecule has 0 saturated carbocycles. The van der Waals surface area contributed by atoms with Gasteiger partial charge in [0.25, 0.3) is 0 Å². The van der Waals surface area contributed by atoms with Crippen LogP contribution in [0.3, 0.4) is 0 Å². The third-order valence-corrected chi connectivity index (χ3v) is 2.50.